The minimum Gasteiger partial charge on any atom is -0.466 e. The van der Waals surface area contributed by atoms with Crippen LogP contribution in [0.3, 0.4) is 0 Å². The van der Waals surface area contributed by atoms with Crippen LogP contribution in [0.5, 0.6) is 0 Å². The lowest BCUT2D eigenvalue weighted by Gasteiger charge is -2.18. The number of amides is 2. The van der Waals surface area contributed by atoms with Gasteiger partial charge in [0.2, 0.25) is 0 Å². The van der Waals surface area contributed by atoms with Gasteiger partial charge in [-0.25, -0.2) is 9.48 Å². The first kappa shape index (κ1) is 23.5. The number of ether oxygens (including phenoxy) is 1. The van der Waals surface area contributed by atoms with Gasteiger partial charge in [-0.3, -0.25) is 14.8 Å². The van der Waals surface area contributed by atoms with Crippen molar-refractivity contribution in [1.29, 1.82) is 0 Å². The van der Waals surface area contributed by atoms with Crippen LogP contribution >= 0.6 is 0 Å². The average Bonchev–Trinajstić information content (AvgIpc) is 3.47. The van der Waals surface area contributed by atoms with E-state index >= 15 is 0 Å². The van der Waals surface area contributed by atoms with Gasteiger partial charge in [0.05, 0.1) is 18.5 Å². The van der Waals surface area contributed by atoms with E-state index in [1.807, 2.05) is 57.4 Å². The molecule has 2 heterocycles. The molecule has 0 aliphatic heterocycles. The molecule has 2 aromatic heterocycles. The highest BCUT2D eigenvalue weighted by Gasteiger charge is 2.34. The van der Waals surface area contributed by atoms with Crippen molar-refractivity contribution in [2.75, 3.05) is 11.9 Å². The standard InChI is InChI=1S/C25H32N6O3/c1-5-34-22(32)13-18-11-16(2)21(12-18)27-25(33)28-24-17(3)23(19-14-26-30(4)15-19)29-31(24)20-9-7-6-8-10-20/h6-10,14-16,18,21H,5,11-13H2,1-4H3,(H2,27,28,33)/t16-,18?,21-/m1/s1. The lowest BCUT2D eigenvalue weighted by Crippen LogP contribution is -2.40. The number of urea groups is 1. The summed E-state index contributed by atoms with van der Waals surface area (Å²) in [6, 6.07) is 9.41. The minimum absolute atomic E-state index is 0.00868. The van der Waals surface area contributed by atoms with Crippen LogP contribution in [0.2, 0.25) is 0 Å². The van der Waals surface area contributed by atoms with Crippen LogP contribution in [-0.4, -0.2) is 44.2 Å². The third-order valence-electron chi connectivity index (χ3n) is 6.39. The number of nitrogens with zero attached hydrogens (tertiary/aromatic N) is 4. The number of aromatic nitrogens is 4. The highest BCUT2D eigenvalue weighted by atomic mass is 16.5. The Hall–Kier alpha value is -3.62. The minimum atomic E-state index is -0.286. The lowest BCUT2D eigenvalue weighted by molar-refractivity contribution is -0.144. The van der Waals surface area contributed by atoms with Crippen molar-refractivity contribution < 1.29 is 14.3 Å². The predicted molar refractivity (Wildman–Crippen MR) is 130 cm³/mol. The summed E-state index contributed by atoms with van der Waals surface area (Å²) in [7, 11) is 1.86. The molecule has 0 bridgehead atoms. The summed E-state index contributed by atoms with van der Waals surface area (Å²) in [6.07, 6.45) is 5.70. The van der Waals surface area contributed by atoms with Crippen molar-refractivity contribution in [2.24, 2.45) is 18.9 Å². The third-order valence-corrected chi connectivity index (χ3v) is 6.39. The molecule has 9 heteroatoms. The zero-order valence-electron chi connectivity index (χ0n) is 20.1. The zero-order chi connectivity index (χ0) is 24.2. The molecular weight excluding hydrogens is 432 g/mol. The van der Waals surface area contributed by atoms with Gasteiger partial charge in [-0.2, -0.15) is 10.2 Å². The Bertz CT molecular complexity index is 1150. The molecule has 1 fully saturated rings. The van der Waals surface area contributed by atoms with Gasteiger partial charge < -0.3 is 10.1 Å². The number of hydrogen-bond donors (Lipinski definition) is 2. The quantitative estimate of drug-likeness (QED) is 0.513. The van der Waals surface area contributed by atoms with Gasteiger partial charge in [0.1, 0.15) is 11.5 Å². The number of rotatable bonds is 7. The van der Waals surface area contributed by atoms with Gasteiger partial charge in [0.15, 0.2) is 0 Å². The Morgan fingerprint density at radius 2 is 1.97 bits per heavy atom. The number of benzene rings is 1. The number of nitrogens with one attached hydrogen (secondary N) is 2. The molecule has 9 nitrogen and oxygen atoms in total. The molecule has 3 aromatic rings. The van der Waals surface area contributed by atoms with E-state index in [4.69, 9.17) is 9.84 Å². The molecule has 1 aliphatic rings. The molecule has 1 aromatic carbocycles. The van der Waals surface area contributed by atoms with E-state index in [1.54, 1.807) is 15.6 Å². The molecule has 34 heavy (non-hydrogen) atoms. The number of carbonyl (C=O) groups excluding carboxylic acids is 2. The molecule has 2 amide bonds. The smallest absolute Gasteiger partial charge is 0.320 e. The highest BCUT2D eigenvalue weighted by molar-refractivity contribution is 5.91. The van der Waals surface area contributed by atoms with Gasteiger partial charge in [0.25, 0.3) is 0 Å². The second kappa shape index (κ2) is 10.1. The number of para-hydroxylation sites is 1. The Morgan fingerprint density at radius 1 is 1.21 bits per heavy atom. The summed E-state index contributed by atoms with van der Waals surface area (Å²) < 4.78 is 8.56. The summed E-state index contributed by atoms with van der Waals surface area (Å²) in [5.74, 6) is 0.927. The van der Waals surface area contributed by atoms with E-state index in [-0.39, 0.29) is 29.9 Å². The van der Waals surface area contributed by atoms with Crippen LogP contribution in [0.1, 0.15) is 38.7 Å². The summed E-state index contributed by atoms with van der Waals surface area (Å²) in [6.45, 7) is 6.25. The maximum Gasteiger partial charge on any atom is 0.320 e. The topological polar surface area (TPSA) is 103 Å². The number of hydrogen-bond acceptors (Lipinski definition) is 5. The van der Waals surface area contributed by atoms with E-state index < -0.39 is 0 Å². The van der Waals surface area contributed by atoms with Crippen LogP contribution in [0.15, 0.2) is 42.7 Å². The van der Waals surface area contributed by atoms with E-state index in [2.05, 4.69) is 22.7 Å². The van der Waals surface area contributed by atoms with Crippen molar-refractivity contribution in [1.82, 2.24) is 24.9 Å². The number of aryl methyl sites for hydroxylation is 1. The maximum atomic E-state index is 13.1. The van der Waals surface area contributed by atoms with Crippen LogP contribution in [0.25, 0.3) is 16.9 Å². The lowest BCUT2D eigenvalue weighted by atomic mass is 10.0. The van der Waals surface area contributed by atoms with Crippen LogP contribution in [0, 0.1) is 18.8 Å². The van der Waals surface area contributed by atoms with Crippen LogP contribution in [0.4, 0.5) is 10.6 Å². The van der Waals surface area contributed by atoms with Gasteiger partial charge in [0, 0.05) is 36.8 Å². The van der Waals surface area contributed by atoms with E-state index in [9.17, 15) is 9.59 Å². The molecule has 0 saturated heterocycles. The highest BCUT2D eigenvalue weighted by Crippen LogP contribution is 2.34. The molecular formula is C25H32N6O3. The Kier molecular flexibility index (Phi) is 7.00. The second-order valence-electron chi connectivity index (χ2n) is 9.00. The molecule has 0 radical (unpaired) electrons. The first-order valence-corrected chi connectivity index (χ1v) is 11.7. The predicted octanol–water partition coefficient (Wildman–Crippen LogP) is 4.07. The first-order chi connectivity index (χ1) is 16.4. The molecule has 1 aliphatic carbocycles. The van der Waals surface area contributed by atoms with Crippen molar-refractivity contribution in [3.05, 3.63) is 48.3 Å². The van der Waals surface area contributed by atoms with Crippen molar-refractivity contribution >= 4 is 17.8 Å². The Morgan fingerprint density at radius 3 is 2.65 bits per heavy atom. The van der Waals surface area contributed by atoms with E-state index in [1.165, 1.54) is 0 Å². The zero-order valence-corrected chi connectivity index (χ0v) is 20.1. The van der Waals surface area contributed by atoms with Gasteiger partial charge in [-0.15, -0.1) is 0 Å². The van der Waals surface area contributed by atoms with Gasteiger partial charge >= 0.3 is 12.0 Å². The van der Waals surface area contributed by atoms with Gasteiger partial charge in [-0.05, 0) is 50.7 Å². The van der Waals surface area contributed by atoms with Crippen molar-refractivity contribution in [3.63, 3.8) is 0 Å². The molecule has 4 rings (SSSR count). The Balaban J connectivity index is 1.52. The fourth-order valence-corrected chi connectivity index (χ4v) is 4.73. The monoisotopic (exact) mass is 464 g/mol. The largest absolute Gasteiger partial charge is 0.466 e. The van der Waals surface area contributed by atoms with E-state index in [0.29, 0.717) is 18.8 Å². The van der Waals surface area contributed by atoms with Crippen LogP contribution < -0.4 is 10.6 Å². The Labute approximate surface area is 199 Å². The maximum absolute atomic E-state index is 13.1. The molecule has 1 saturated carbocycles. The summed E-state index contributed by atoms with van der Waals surface area (Å²) in [4.78, 5) is 24.9. The van der Waals surface area contributed by atoms with Gasteiger partial charge in [-0.1, -0.05) is 25.1 Å². The summed E-state index contributed by atoms with van der Waals surface area (Å²) in [5.41, 5.74) is 3.34. The molecule has 180 valence electrons. The third kappa shape index (κ3) is 5.13. The summed E-state index contributed by atoms with van der Waals surface area (Å²) in [5, 5.41) is 15.2. The molecule has 3 atom stereocenters. The fraction of sp³-hybridized carbons (Fsp3) is 0.440. The second-order valence-corrected chi connectivity index (χ2v) is 9.00. The SMILES string of the molecule is CCOC(=O)CC1C[C@@H](C)[C@H](NC(=O)Nc2c(C)c(-c3cnn(C)c3)nn2-c2ccccc2)C1. The number of anilines is 1. The molecule has 1 unspecified atom stereocenters. The number of carbonyl (C=O) groups is 2. The number of esters is 1. The molecule has 2 N–H and O–H groups in total. The first-order valence-electron chi connectivity index (χ1n) is 11.7. The van der Waals surface area contributed by atoms with Crippen molar-refractivity contribution in [2.45, 2.75) is 46.1 Å². The molecule has 0 spiro atoms. The van der Waals surface area contributed by atoms with E-state index in [0.717, 1.165) is 35.3 Å². The fourth-order valence-electron chi connectivity index (χ4n) is 4.73. The average molecular weight is 465 g/mol. The van der Waals surface area contributed by atoms with Crippen molar-refractivity contribution in [3.8, 4) is 16.9 Å². The normalized spacial score (nSPS) is 19.7. The van der Waals surface area contributed by atoms with Crippen LogP contribution in [-0.2, 0) is 16.6 Å². The summed E-state index contributed by atoms with van der Waals surface area (Å²) >= 11 is 0.